The molecule has 0 bridgehead atoms. The highest BCUT2D eigenvalue weighted by Crippen LogP contribution is 2.31. The lowest BCUT2D eigenvalue weighted by atomic mass is 10.1. The minimum Gasteiger partial charge on any atom is -0.332 e. The minimum atomic E-state index is -0.875. The van der Waals surface area contributed by atoms with E-state index in [1.54, 1.807) is 24.9 Å². The van der Waals surface area contributed by atoms with Crippen molar-refractivity contribution in [3.8, 4) is 22.6 Å². The summed E-state index contributed by atoms with van der Waals surface area (Å²) in [5.74, 6) is -1.74. The Morgan fingerprint density at radius 1 is 0.964 bits per heavy atom. The van der Waals surface area contributed by atoms with Gasteiger partial charge in [-0.15, -0.1) is 0 Å². The van der Waals surface area contributed by atoms with Crippen molar-refractivity contribution >= 4 is 0 Å². The maximum atomic E-state index is 13.8. The second-order valence-electron chi connectivity index (χ2n) is 7.30. The van der Waals surface area contributed by atoms with Crippen molar-refractivity contribution in [1.82, 2.24) is 28.9 Å². The normalized spacial score (nSPS) is 16.0. The van der Waals surface area contributed by atoms with Crippen molar-refractivity contribution in [3.05, 3.63) is 48.7 Å². The van der Waals surface area contributed by atoms with E-state index in [4.69, 9.17) is 0 Å². The van der Waals surface area contributed by atoms with Crippen LogP contribution in [0, 0.1) is 11.6 Å². The number of piperazine rings is 1. The van der Waals surface area contributed by atoms with Crippen molar-refractivity contribution in [2.45, 2.75) is 6.54 Å². The van der Waals surface area contributed by atoms with Gasteiger partial charge in [0.05, 0.1) is 35.9 Å². The average molecular weight is 386 g/mol. The second kappa shape index (κ2) is 7.81. The average Bonchev–Trinajstić information content (AvgIpc) is 3.29. The van der Waals surface area contributed by atoms with Crippen molar-refractivity contribution in [3.63, 3.8) is 0 Å². The Labute approximate surface area is 163 Å². The topological polar surface area (TPSA) is 42.1 Å². The maximum absolute atomic E-state index is 13.8. The highest BCUT2D eigenvalue weighted by Gasteiger charge is 2.20. The molecule has 0 atom stereocenters. The Morgan fingerprint density at radius 2 is 1.75 bits per heavy atom. The number of imidazole rings is 2. The smallest absolute Gasteiger partial charge is 0.159 e. The summed E-state index contributed by atoms with van der Waals surface area (Å²) in [7, 11) is 4.05. The summed E-state index contributed by atoms with van der Waals surface area (Å²) in [6.07, 6.45) is 5.27. The van der Waals surface area contributed by atoms with Gasteiger partial charge >= 0.3 is 0 Å². The molecule has 0 amide bonds. The van der Waals surface area contributed by atoms with E-state index in [0.717, 1.165) is 56.7 Å². The molecule has 148 valence electrons. The molecule has 3 heterocycles. The molecule has 1 saturated heterocycles. The Hall–Kier alpha value is -2.58. The molecule has 0 N–H and O–H groups in total. The van der Waals surface area contributed by atoms with E-state index >= 15 is 0 Å². The third kappa shape index (κ3) is 3.70. The molecule has 0 saturated carbocycles. The van der Waals surface area contributed by atoms with Crippen LogP contribution in [0.4, 0.5) is 8.78 Å². The predicted molar refractivity (Wildman–Crippen MR) is 104 cm³/mol. The maximum Gasteiger partial charge on any atom is 0.159 e. The molecule has 3 aromatic rings. The van der Waals surface area contributed by atoms with E-state index in [1.807, 2.05) is 11.6 Å². The number of halogens is 2. The second-order valence-corrected chi connectivity index (χ2v) is 7.30. The summed E-state index contributed by atoms with van der Waals surface area (Å²) in [6, 6.07) is 3.90. The third-order valence-electron chi connectivity index (χ3n) is 5.34. The quantitative estimate of drug-likeness (QED) is 0.676. The van der Waals surface area contributed by atoms with Gasteiger partial charge in [0.25, 0.3) is 0 Å². The zero-order valence-corrected chi connectivity index (χ0v) is 16.1. The predicted octanol–water partition coefficient (Wildman–Crippen LogP) is 2.48. The fourth-order valence-corrected chi connectivity index (χ4v) is 3.58. The summed E-state index contributed by atoms with van der Waals surface area (Å²) >= 11 is 0. The molecule has 0 unspecified atom stereocenters. The molecule has 1 aromatic carbocycles. The van der Waals surface area contributed by atoms with E-state index in [2.05, 4.69) is 31.4 Å². The first-order chi connectivity index (χ1) is 13.5. The standard InChI is InChI=1S/C20H24F2N6/c1-25-5-7-27(8-6-25)9-10-28-14-24-19(15-3-4-16(21)17(22)11-15)20(28)18-12-23-13-26(18)2/h3-4,11-14H,5-10H2,1-2H3. The number of nitrogens with zero attached hydrogens (tertiary/aromatic N) is 6. The lowest BCUT2D eigenvalue weighted by Crippen LogP contribution is -2.45. The molecule has 1 aliphatic heterocycles. The van der Waals surface area contributed by atoms with Crippen LogP contribution in [-0.4, -0.2) is 68.7 Å². The molecular formula is C20H24F2N6. The van der Waals surface area contributed by atoms with Gasteiger partial charge in [0.1, 0.15) is 0 Å². The highest BCUT2D eigenvalue weighted by molar-refractivity contribution is 5.76. The van der Waals surface area contributed by atoms with Gasteiger partial charge in [-0.05, 0) is 25.2 Å². The first kappa shape index (κ1) is 18.8. The van der Waals surface area contributed by atoms with E-state index in [-0.39, 0.29) is 0 Å². The molecule has 0 spiro atoms. The van der Waals surface area contributed by atoms with Crippen LogP contribution in [0.15, 0.2) is 37.1 Å². The Kier molecular flexibility index (Phi) is 5.23. The minimum absolute atomic E-state index is 0.549. The number of benzene rings is 1. The molecule has 6 nitrogen and oxygen atoms in total. The first-order valence-corrected chi connectivity index (χ1v) is 9.41. The zero-order valence-electron chi connectivity index (χ0n) is 16.1. The lowest BCUT2D eigenvalue weighted by molar-refractivity contribution is 0.150. The van der Waals surface area contributed by atoms with Crippen LogP contribution in [0.5, 0.6) is 0 Å². The molecule has 28 heavy (non-hydrogen) atoms. The molecule has 1 aliphatic rings. The monoisotopic (exact) mass is 386 g/mol. The van der Waals surface area contributed by atoms with Gasteiger partial charge in [0.15, 0.2) is 11.6 Å². The number of rotatable bonds is 5. The Morgan fingerprint density at radius 3 is 2.43 bits per heavy atom. The summed E-state index contributed by atoms with van der Waals surface area (Å²) in [6.45, 7) is 5.90. The molecule has 1 fully saturated rings. The number of aryl methyl sites for hydroxylation is 1. The van der Waals surface area contributed by atoms with Gasteiger partial charge in [-0.1, -0.05) is 0 Å². The number of hydrogen-bond donors (Lipinski definition) is 0. The lowest BCUT2D eigenvalue weighted by Gasteiger charge is -2.32. The number of hydrogen-bond acceptors (Lipinski definition) is 4. The summed E-state index contributed by atoms with van der Waals surface area (Å²) in [4.78, 5) is 13.5. The Balaban J connectivity index is 1.66. The van der Waals surface area contributed by atoms with Crippen molar-refractivity contribution in [2.24, 2.45) is 7.05 Å². The van der Waals surface area contributed by atoms with Gasteiger partial charge in [-0.3, -0.25) is 4.90 Å². The number of likely N-dealkylation sites (N-methyl/N-ethyl adjacent to an activating group) is 1. The van der Waals surface area contributed by atoms with Gasteiger partial charge in [0, 0.05) is 51.9 Å². The van der Waals surface area contributed by atoms with Crippen LogP contribution < -0.4 is 0 Å². The Bertz CT molecular complexity index is 956. The molecule has 4 rings (SSSR count). The van der Waals surface area contributed by atoms with E-state index in [1.165, 1.54) is 6.07 Å². The van der Waals surface area contributed by atoms with Crippen LogP contribution in [-0.2, 0) is 13.6 Å². The van der Waals surface area contributed by atoms with Gasteiger partial charge in [-0.25, -0.2) is 18.7 Å². The van der Waals surface area contributed by atoms with Crippen LogP contribution in [0.25, 0.3) is 22.6 Å². The highest BCUT2D eigenvalue weighted by atomic mass is 19.2. The van der Waals surface area contributed by atoms with Crippen LogP contribution in [0.1, 0.15) is 0 Å². The fraction of sp³-hybridized carbons (Fsp3) is 0.400. The third-order valence-corrected chi connectivity index (χ3v) is 5.34. The molecule has 0 aliphatic carbocycles. The van der Waals surface area contributed by atoms with Gasteiger partial charge in [0.2, 0.25) is 0 Å². The SMILES string of the molecule is CN1CCN(CCn2cnc(-c3ccc(F)c(F)c3)c2-c2cncn2C)CC1. The summed E-state index contributed by atoms with van der Waals surface area (Å²) in [5, 5.41) is 0. The van der Waals surface area contributed by atoms with Crippen molar-refractivity contribution in [2.75, 3.05) is 39.8 Å². The van der Waals surface area contributed by atoms with E-state index < -0.39 is 11.6 Å². The van der Waals surface area contributed by atoms with E-state index in [9.17, 15) is 8.78 Å². The van der Waals surface area contributed by atoms with Crippen LogP contribution >= 0.6 is 0 Å². The summed E-state index contributed by atoms with van der Waals surface area (Å²) in [5.41, 5.74) is 2.92. The number of aromatic nitrogens is 4. The van der Waals surface area contributed by atoms with Crippen molar-refractivity contribution < 1.29 is 8.78 Å². The van der Waals surface area contributed by atoms with E-state index in [0.29, 0.717) is 11.3 Å². The first-order valence-electron chi connectivity index (χ1n) is 9.41. The fourth-order valence-electron chi connectivity index (χ4n) is 3.58. The van der Waals surface area contributed by atoms with Gasteiger partial charge < -0.3 is 14.0 Å². The molecule has 8 heteroatoms. The zero-order chi connectivity index (χ0) is 19.7. The van der Waals surface area contributed by atoms with Gasteiger partial charge in [-0.2, -0.15) is 0 Å². The molecule has 2 aromatic heterocycles. The largest absolute Gasteiger partial charge is 0.332 e. The van der Waals surface area contributed by atoms with Crippen molar-refractivity contribution in [1.29, 1.82) is 0 Å². The van der Waals surface area contributed by atoms with Crippen LogP contribution in [0.2, 0.25) is 0 Å². The molecule has 0 radical (unpaired) electrons. The van der Waals surface area contributed by atoms with Crippen LogP contribution in [0.3, 0.4) is 0 Å². The summed E-state index contributed by atoms with van der Waals surface area (Å²) < 4.78 is 31.2. The molecular weight excluding hydrogens is 362 g/mol.